The lowest BCUT2D eigenvalue weighted by atomic mass is 10.2. The summed E-state index contributed by atoms with van der Waals surface area (Å²) in [6.45, 7) is 4.25. The number of rotatable bonds is 4. The molecule has 0 saturated carbocycles. The van der Waals surface area contributed by atoms with Crippen LogP contribution in [0.15, 0.2) is 39.1 Å². The van der Waals surface area contributed by atoms with Gasteiger partial charge in [0.25, 0.3) is 0 Å². The summed E-state index contributed by atoms with van der Waals surface area (Å²) in [5.41, 5.74) is 0.876. The molecule has 0 unspecified atom stereocenters. The number of phenolic OH excluding ortho intramolecular Hbond substituents is 1. The molecular formula is C15H16O5. The lowest BCUT2D eigenvalue weighted by Crippen LogP contribution is -2.00. The van der Waals surface area contributed by atoms with Gasteiger partial charge in [-0.05, 0) is 26.0 Å². The average molecular weight is 276 g/mol. The minimum absolute atomic E-state index is 0.110. The molecule has 0 aliphatic heterocycles. The van der Waals surface area contributed by atoms with Crippen molar-refractivity contribution < 1.29 is 19.0 Å². The third-order valence-corrected chi connectivity index (χ3v) is 2.75. The van der Waals surface area contributed by atoms with Crippen LogP contribution < -0.4 is 15.1 Å². The van der Waals surface area contributed by atoms with E-state index in [4.69, 9.17) is 13.9 Å². The Morgan fingerprint density at radius 2 is 2.15 bits per heavy atom. The van der Waals surface area contributed by atoms with Crippen molar-refractivity contribution in [1.82, 2.24) is 0 Å². The molecule has 0 fully saturated rings. The molecule has 5 nitrogen and oxygen atoms in total. The minimum Gasteiger partial charge on any atom is -0.504 e. The van der Waals surface area contributed by atoms with E-state index in [0.717, 1.165) is 5.57 Å². The van der Waals surface area contributed by atoms with E-state index in [-0.39, 0.29) is 17.1 Å². The number of fused-ring (bicyclic) bond motifs is 1. The number of phenols is 1. The summed E-state index contributed by atoms with van der Waals surface area (Å²) in [4.78, 5) is 11.2. The van der Waals surface area contributed by atoms with Crippen LogP contribution in [-0.4, -0.2) is 18.8 Å². The first-order chi connectivity index (χ1) is 9.52. The summed E-state index contributed by atoms with van der Waals surface area (Å²) in [6.07, 6.45) is 1.89. The number of benzene rings is 1. The molecule has 1 heterocycles. The normalized spacial score (nSPS) is 10.3. The van der Waals surface area contributed by atoms with Crippen molar-refractivity contribution in [3.63, 3.8) is 0 Å². The summed E-state index contributed by atoms with van der Waals surface area (Å²) in [5, 5.41) is 10.5. The average Bonchev–Trinajstić information content (AvgIpc) is 2.38. The second kappa shape index (κ2) is 5.69. The van der Waals surface area contributed by atoms with Crippen LogP contribution in [0, 0.1) is 0 Å². The Hall–Kier alpha value is -2.43. The van der Waals surface area contributed by atoms with Crippen LogP contribution in [0.2, 0.25) is 0 Å². The first-order valence-electron chi connectivity index (χ1n) is 6.13. The van der Waals surface area contributed by atoms with Gasteiger partial charge >= 0.3 is 5.63 Å². The number of hydrogen-bond acceptors (Lipinski definition) is 5. The fourth-order valence-electron chi connectivity index (χ4n) is 1.76. The summed E-state index contributed by atoms with van der Waals surface area (Å²) in [7, 11) is 1.44. The zero-order valence-corrected chi connectivity index (χ0v) is 11.6. The largest absolute Gasteiger partial charge is 0.504 e. The molecule has 106 valence electrons. The van der Waals surface area contributed by atoms with Crippen LogP contribution in [0.4, 0.5) is 0 Å². The van der Waals surface area contributed by atoms with E-state index < -0.39 is 5.63 Å². The fourth-order valence-corrected chi connectivity index (χ4v) is 1.76. The molecule has 0 atom stereocenters. The van der Waals surface area contributed by atoms with Gasteiger partial charge in [0.05, 0.1) is 12.5 Å². The molecule has 0 aliphatic carbocycles. The topological polar surface area (TPSA) is 68.9 Å². The fraction of sp³-hybridized carbons (Fsp3) is 0.267. The SMILES string of the molecule is COc1c(OCC=C(C)C)cc2oc(=O)ccc2c1O. The standard InChI is InChI=1S/C15H16O5/c1-9(2)6-7-19-12-8-11-10(4-5-13(16)20-11)14(17)15(12)18-3/h4-6,8,17H,7H2,1-3H3. The highest BCUT2D eigenvalue weighted by atomic mass is 16.5. The number of aromatic hydroxyl groups is 1. The van der Waals surface area contributed by atoms with E-state index in [2.05, 4.69) is 0 Å². The Balaban J connectivity index is 2.52. The first kappa shape index (κ1) is 14.0. The lowest BCUT2D eigenvalue weighted by Gasteiger charge is -2.12. The monoisotopic (exact) mass is 276 g/mol. The maximum atomic E-state index is 11.2. The molecule has 0 saturated heterocycles. The van der Waals surface area contributed by atoms with Crippen molar-refractivity contribution in [2.75, 3.05) is 13.7 Å². The van der Waals surface area contributed by atoms with Gasteiger partial charge in [0.2, 0.25) is 5.75 Å². The summed E-state index contributed by atoms with van der Waals surface area (Å²) in [5.74, 6) is 0.429. The molecule has 0 spiro atoms. The van der Waals surface area contributed by atoms with E-state index in [1.54, 1.807) is 0 Å². The highest BCUT2D eigenvalue weighted by molar-refractivity contribution is 5.88. The predicted octanol–water partition coefficient (Wildman–Crippen LogP) is 2.85. The zero-order valence-electron chi connectivity index (χ0n) is 11.6. The molecule has 1 N–H and O–H groups in total. The van der Waals surface area contributed by atoms with Crippen LogP contribution >= 0.6 is 0 Å². The van der Waals surface area contributed by atoms with Crippen molar-refractivity contribution in [1.29, 1.82) is 0 Å². The van der Waals surface area contributed by atoms with Crippen LogP contribution in [0.3, 0.4) is 0 Å². The van der Waals surface area contributed by atoms with Crippen molar-refractivity contribution in [2.24, 2.45) is 0 Å². The molecular weight excluding hydrogens is 260 g/mol. The van der Waals surface area contributed by atoms with Gasteiger partial charge in [-0.2, -0.15) is 0 Å². The third kappa shape index (κ3) is 2.77. The van der Waals surface area contributed by atoms with E-state index in [1.165, 1.54) is 25.3 Å². The quantitative estimate of drug-likeness (QED) is 0.687. The maximum absolute atomic E-state index is 11.2. The van der Waals surface area contributed by atoms with E-state index >= 15 is 0 Å². The van der Waals surface area contributed by atoms with E-state index in [1.807, 2.05) is 19.9 Å². The Kier molecular flexibility index (Phi) is 3.98. The Bertz CT molecular complexity index is 708. The Labute approximate surface area is 116 Å². The minimum atomic E-state index is -0.489. The van der Waals surface area contributed by atoms with Crippen molar-refractivity contribution in [3.8, 4) is 17.2 Å². The Morgan fingerprint density at radius 3 is 2.80 bits per heavy atom. The van der Waals surface area contributed by atoms with Crippen molar-refractivity contribution in [2.45, 2.75) is 13.8 Å². The predicted molar refractivity (Wildman–Crippen MR) is 75.6 cm³/mol. The molecule has 5 heteroatoms. The van der Waals surface area contributed by atoms with Gasteiger partial charge < -0.3 is 19.0 Å². The van der Waals surface area contributed by atoms with Crippen LogP contribution in [0.1, 0.15) is 13.8 Å². The van der Waals surface area contributed by atoms with Gasteiger partial charge in [-0.15, -0.1) is 0 Å². The zero-order chi connectivity index (χ0) is 14.7. The second-order valence-corrected chi connectivity index (χ2v) is 4.52. The van der Waals surface area contributed by atoms with Gasteiger partial charge in [0.15, 0.2) is 11.5 Å². The van der Waals surface area contributed by atoms with Gasteiger partial charge in [-0.1, -0.05) is 5.57 Å². The number of allylic oxidation sites excluding steroid dienone is 1. The van der Waals surface area contributed by atoms with Crippen LogP contribution in [-0.2, 0) is 0 Å². The maximum Gasteiger partial charge on any atom is 0.336 e. The summed E-state index contributed by atoms with van der Waals surface area (Å²) < 4.78 is 15.7. The van der Waals surface area contributed by atoms with Gasteiger partial charge in [-0.25, -0.2) is 4.79 Å². The summed E-state index contributed by atoms with van der Waals surface area (Å²) in [6, 6.07) is 4.26. The molecule has 1 aromatic carbocycles. The third-order valence-electron chi connectivity index (χ3n) is 2.75. The molecule has 0 bridgehead atoms. The molecule has 0 radical (unpaired) electrons. The van der Waals surface area contributed by atoms with E-state index in [9.17, 15) is 9.90 Å². The molecule has 2 aromatic rings. The molecule has 0 aliphatic rings. The number of ether oxygens (including phenoxy) is 2. The highest BCUT2D eigenvalue weighted by Crippen LogP contribution is 2.42. The molecule has 0 amide bonds. The molecule has 2 rings (SSSR count). The highest BCUT2D eigenvalue weighted by Gasteiger charge is 2.16. The van der Waals surface area contributed by atoms with Gasteiger partial charge in [0, 0.05) is 12.1 Å². The number of hydrogen-bond donors (Lipinski definition) is 1. The van der Waals surface area contributed by atoms with Gasteiger partial charge in [0.1, 0.15) is 12.2 Å². The van der Waals surface area contributed by atoms with Crippen molar-refractivity contribution in [3.05, 3.63) is 40.3 Å². The second-order valence-electron chi connectivity index (χ2n) is 4.52. The van der Waals surface area contributed by atoms with Crippen LogP contribution in [0.25, 0.3) is 11.0 Å². The molecule has 20 heavy (non-hydrogen) atoms. The van der Waals surface area contributed by atoms with E-state index in [0.29, 0.717) is 17.7 Å². The Morgan fingerprint density at radius 1 is 1.40 bits per heavy atom. The molecule has 1 aromatic heterocycles. The van der Waals surface area contributed by atoms with Crippen LogP contribution in [0.5, 0.6) is 17.2 Å². The lowest BCUT2D eigenvalue weighted by molar-refractivity contribution is 0.313. The first-order valence-corrected chi connectivity index (χ1v) is 6.13. The van der Waals surface area contributed by atoms with Crippen molar-refractivity contribution >= 4 is 11.0 Å². The number of methoxy groups -OCH3 is 1. The summed E-state index contributed by atoms with van der Waals surface area (Å²) >= 11 is 0. The van der Waals surface area contributed by atoms with Gasteiger partial charge in [-0.3, -0.25) is 0 Å². The smallest absolute Gasteiger partial charge is 0.336 e.